The zero-order valence-corrected chi connectivity index (χ0v) is 15.5. The maximum absolute atomic E-state index is 4.62. The minimum absolute atomic E-state index is 1.08. The molecule has 0 saturated heterocycles. The van der Waals surface area contributed by atoms with E-state index in [1.165, 1.54) is 21.9 Å². The minimum Gasteiger partial charge on any atom is -0.232 e. The maximum Gasteiger partial charge on any atom is 0.0819 e. The summed E-state index contributed by atoms with van der Waals surface area (Å²) in [5.41, 5.74) is 4.64. The molecule has 0 aliphatic carbocycles. The van der Waals surface area contributed by atoms with Gasteiger partial charge in [0.15, 0.2) is 0 Å². The highest BCUT2D eigenvalue weighted by molar-refractivity contribution is 9.10. The van der Waals surface area contributed by atoms with Crippen LogP contribution in [0.2, 0.25) is 0 Å². The number of nitrogens with zero attached hydrogens (tertiary/aromatic N) is 2. The summed E-state index contributed by atoms with van der Waals surface area (Å²) >= 11 is 3.56. The molecule has 0 bridgehead atoms. The third kappa shape index (κ3) is 2.52. The van der Waals surface area contributed by atoms with Gasteiger partial charge in [-0.05, 0) is 46.8 Å². The van der Waals surface area contributed by atoms with Crippen LogP contribution in [0, 0.1) is 0 Å². The largest absolute Gasteiger partial charge is 0.232 e. The molecular weight excluding hydrogens is 384 g/mol. The Balaban J connectivity index is 1.75. The van der Waals surface area contributed by atoms with Crippen LogP contribution < -0.4 is 0 Å². The molecule has 0 atom stereocenters. The lowest BCUT2D eigenvalue weighted by molar-refractivity contribution is 0.913. The van der Waals surface area contributed by atoms with E-state index >= 15 is 0 Å². The van der Waals surface area contributed by atoms with Crippen molar-refractivity contribution in [3.63, 3.8) is 0 Å². The van der Waals surface area contributed by atoms with Gasteiger partial charge in [0, 0.05) is 15.2 Å². The van der Waals surface area contributed by atoms with Crippen molar-refractivity contribution < 1.29 is 0 Å². The van der Waals surface area contributed by atoms with Gasteiger partial charge >= 0.3 is 0 Å². The number of rotatable bonds is 2. The lowest BCUT2D eigenvalue weighted by Crippen LogP contribution is -1.95. The molecule has 124 valence electrons. The van der Waals surface area contributed by atoms with E-state index in [9.17, 15) is 0 Å². The van der Waals surface area contributed by atoms with Gasteiger partial charge < -0.3 is 0 Å². The van der Waals surface area contributed by atoms with E-state index in [1.54, 1.807) is 0 Å². The molecule has 1 aromatic heterocycles. The molecule has 0 unspecified atom stereocenters. The molecule has 0 N–H and O–H groups in total. The summed E-state index contributed by atoms with van der Waals surface area (Å²) in [5, 5.41) is 8.19. The van der Waals surface area contributed by atoms with Crippen LogP contribution in [0.25, 0.3) is 38.5 Å². The molecule has 3 heteroatoms. The first-order valence-corrected chi connectivity index (χ1v) is 9.31. The van der Waals surface area contributed by atoms with Crippen LogP contribution in [0.3, 0.4) is 0 Å². The maximum atomic E-state index is 4.62. The lowest BCUT2D eigenvalue weighted by atomic mass is 10.00. The normalized spacial score (nSPS) is 11.3. The quantitative estimate of drug-likeness (QED) is 0.327. The van der Waals surface area contributed by atoms with Gasteiger partial charge in [0.05, 0.1) is 17.4 Å². The Morgan fingerprint density at radius 3 is 2.35 bits per heavy atom. The van der Waals surface area contributed by atoms with Gasteiger partial charge in [0.2, 0.25) is 0 Å². The van der Waals surface area contributed by atoms with Gasteiger partial charge in [0.1, 0.15) is 0 Å². The van der Waals surface area contributed by atoms with Gasteiger partial charge in [-0.15, -0.1) is 0 Å². The summed E-state index contributed by atoms with van der Waals surface area (Å²) in [6.07, 6.45) is 1.93. The molecule has 4 aromatic carbocycles. The SMILES string of the molecule is Brc1cccc(-c2ccc3c(ccc4cnn(-c5ccccc5)c43)c2)c1. The summed E-state index contributed by atoms with van der Waals surface area (Å²) in [5.74, 6) is 0. The molecule has 0 radical (unpaired) electrons. The van der Waals surface area contributed by atoms with Crippen molar-refractivity contribution in [2.75, 3.05) is 0 Å². The summed E-state index contributed by atoms with van der Waals surface area (Å²) in [4.78, 5) is 0. The Hall–Kier alpha value is -2.91. The average molecular weight is 399 g/mol. The summed E-state index contributed by atoms with van der Waals surface area (Å²) < 4.78 is 3.11. The van der Waals surface area contributed by atoms with E-state index in [1.807, 2.05) is 35.1 Å². The Bertz CT molecular complexity index is 1240. The first kappa shape index (κ1) is 15.4. The first-order valence-electron chi connectivity index (χ1n) is 8.51. The zero-order chi connectivity index (χ0) is 17.5. The molecule has 0 aliphatic rings. The van der Waals surface area contributed by atoms with E-state index in [2.05, 4.69) is 81.7 Å². The van der Waals surface area contributed by atoms with Crippen molar-refractivity contribution in [3.8, 4) is 16.8 Å². The number of aromatic nitrogens is 2. The van der Waals surface area contributed by atoms with Crippen LogP contribution in [0.1, 0.15) is 0 Å². The zero-order valence-electron chi connectivity index (χ0n) is 13.9. The number of hydrogen-bond donors (Lipinski definition) is 0. The van der Waals surface area contributed by atoms with Crippen LogP contribution in [0.15, 0.2) is 95.6 Å². The van der Waals surface area contributed by atoms with E-state index in [4.69, 9.17) is 0 Å². The van der Waals surface area contributed by atoms with E-state index in [0.29, 0.717) is 0 Å². The average Bonchev–Trinajstić information content (AvgIpc) is 3.13. The summed E-state index contributed by atoms with van der Waals surface area (Å²) in [6, 6.07) is 29.6. The van der Waals surface area contributed by atoms with Gasteiger partial charge in [0.25, 0.3) is 0 Å². The van der Waals surface area contributed by atoms with Gasteiger partial charge in [-0.25, -0.2) is 4.68 Å². The molecule has 0 aliphatic heterocycles. The highest BCUT2D eigenvalue weighted by atomic mass is 79.9. The van der Waals surface area contributed by atoms with Crippen LogP contribution in [-0.2, 0) is 0 Å². The van der Waals surface area contributed by atoms with Crippen molar-refractivity contribution in [3.05, 3.63) is 95.6 Å². The van der Waals surface area contributed by atoms with E-state index < -0.39 is 0 Å². The van der Waals surface area contributed by atoms with Crippen molar-refractivity contribution in [1.82, 2.24) is 9.78 Å². The fourth-order valence-corrected chi connectivity index (χ4v) is 3.86. The highest BCUT2D eigenvalue weighted by Crippen LogP contribution is 2.31. The second kappa shape index (κ2) is 6.11. The predicted octanol–water partition coefficient (Wildman–Crippen LogP) is 6.61. The Labute approximate surface area is 159 Å². The lowest BCUT2D eigenvalue weighted by Gasteiger charge is -2.09. The van der Waals surface area contributed by atoms with Crippen molar-refractivity contribution in [2.45, 2.75) is 0 Å². The predicted molar refractivity (Wildman–Crippen MR) is 112 cm³/mol. The number of halogens is 1. The number of benzene rings is 4. The van der Waals surface area contributed by atoms with Gasteiger partial charge in [-0.3, -0.25) is 0 Å². The Kier molecular flexibility index (Phi) is 3.61. The number of para-hydroxylation sites is 1. The van der Waals surface area contributed by atoms with Crippen LogP contribution in [0.5, 0.6) is 0 Å². The third-order valence-electron chi connectivity index (χ3n) is 4.71. The second-order valence-corrected chi connectivity index (χ2v) is 7.26. The molecular formula is C23H15BrN2. The number of hydrogen-bond acceptors (Lipinski definition) is 1. The van der Waals surface area contributed by atoms with E-state index in [0.717, 1.165) is 21.1 Å². The van der Waals surface area contributed by atoms with Gasteiger partial charge in [-0.1, -0.05) is 70.5 Å². The van der Waals surface area contributed by atoms with Crippen molar-refractivity contribution in [2.24, 2.45) is 0 Å². The van der Waals surface area contributed by atoms with Crippen LogP contribution >= 0.6 is 15.9 Å². The molecule has 26 heavy (non-hydrogen) atoms. The topological polar surface area (TPSA) is 17.8 Å². The monoisotopic (exact) mass is 398 g/mol. The van der Waals surface area contributed by atoms with Crippen molar-refractivity contribution in [1.29, 1.82) is 0 Å². The minimum atomic E-state index is 1.08. The van der Waals surface area contributed by atoms with E-state index in [-0.39, 0.29) is 0 Å². The molecule has 5 aromatic rings. The van der Waals surface area contributed by atoms with Crippen LogP contribution in [-0.4, -0.2) is 9.78 Å². The Morgan fingerprint density at radius 2 is 1.50 bits per heavy atom. The molecule has 2 nitrogen and oxygen atoms in total. The van der Waals surface area contributed by atoms with Gasteiger partial charge in [-0.2, -0.15) is 5.10 Å². The third-order valence-corrected chi connectivity index (χ3v) is 5.20. The summed E-state index contributed by atoms with van der Waals surface area (Å²) in [6.45, 7) is 0. The first-order chi connectivity index (χ1) is 12.8. The van der Waals surface area contributed by atoms with Crippen molar-refractivity contribution >= 4 is 37.6 Å². The van der Waals surface area contributed by atoms with Crippen LogP contribution in [0.4, 0.5) is 0 Å². The smallest absolute Gasteiger partial charge is 0.0819 e. The molecule has 0 saturated carbocycles. The second-order valence-electron chi connectivity index (χ2n) is 6.34. The molecule has 0 fully saturated rings. The fraction of sp³-hybridized carbons (Fsp3) is 0. The summed E-state index contributed by atoms with van der Waals surface area (Å²) in [7, 11) is 0. The molecule has 1 heterocycles. The fourth-order valence-electron chi connectivity index (χ4n) is 3.46. The number of fused-ring (bicyclic) bond motifs is 3. The molecule has 5 rings (SSSR count). The molecule has 0 spiro atoms. The molecule has 0 amide bonds. The standard InChI is InChI=1S/C23H15BrN2/c24-20-6-4-5-16(14-20)17-11-12-22-18(13-17)9-10-19-15-25-26(23(19)22)21-7-2-1-3-8-21/h1-15H. The highest BCUT2D eigenvalue weighted by Gasteiger charge is 2.10. The Morgan fingerprint density at radius 1 is 0.692 bits per heavy atom.